The number of imidazole rings is 1. The molecule has 176 valence electrons. The van der Waals surface area contributed by atoms with E-state index in [4.69, 9.17) is 14.7 Å². The highest BCUT2D eigenvalue weighted by molar-refractivity contribution is 8.14. The highest BCUT2D eigenvalue weighted by atomic mass is 32.2. The van der Waals surface area contributed by atoms with Crippen molar-refractivity contribution < 1.29 is 9.13 Å². The molecule has 1 unspecified atom stereocenters. The maximum absolute atomic E-state index is 13.3. The van der Waals surface area contributed by atoms with Gasteiger partial charge in [0.25, 0.3) is 0 Å². The molecular formula is C25H32FN5OS. The molecule has 0 saturated carbocycles. The number of anilines is 1. The van der Waals surface area contributed by atoms with Crippen molar-refractivity contribution in [1.29, 1.82) is 0 Å². The van der Waals surface area contributed by atoms with Crippen LogP contribution in [0.25, 0.3) is 12.3 Å². The van der Waals surface area contributed by atoms with Crippen molar-refractivity contribution >= 4 is 35.0 Å². The van der Waals surface area contributed by atoms with Crippen LogP contribution in [0.2, 0.25) is 0 Å². The highest BCUT2D eigenvalue weighted by Crippen LogP contribution is 2.35. The minimum Gasteiger partial charge on any atom is -0.380 e. The fraction of sp³-hybridized carbons (Fsp3) is 0.440. The van der Waals surface area contributed by atoms with E-state index in [-0.39, 0.29) is 11.9 Å². The molecule has 33 heavy (non-hydrogen) atoms. The number of ether oxygens (including phenoxy) is 1. The lowest BCUT2D eigenvalue weighted by Crippen LogP contribution is -2.27. The first-order valence-electron chi connectivity index (χ1n) is 11.5. The quantitative estimate of drug-likeness (QED) is 0.593. The summed E-state index contributed by atoms with van der Waals surface area (Å²) >= 11 is 1.71. The normalized spacial score (nSPS) is 19.4. The van der Waals surface area contributed by atoms with Crippen LogP contribution in [0.4, 0.5) is 10.2 Å². The zero-order chi connectivity index (χ0) is 23.4. The van der Waals surface area contributed by atoms with Crippen molar-refractivity contribution in [3.05, 3.63) is 59.4 Å². The predicted molar refractivity (Wildman–Crippen MR) is 136 cm³/mol. The van der Waals surface area contributed by atoms with Crippen molar-refractivity contribution in [3.8, 4) is 0 Å². The summed E-state index contributed by atoms with van der Waals surface area (Å²) in [4.78, 5) is 14.3. The van der Waals surface area contributed by atoms with E-state index in [2.05, 4.69) is 41.0 Å². The molecule has 8 heteroatoms. The maximum atomic E-state index is 13.3. The molecule has 1 fully saturated rings. The van der Waals surface area contributed by atoms with E-state index >= 15 is 0 Å². The Hall–Kier alpha value is -2.58. The SMILES string of the molecule is C=Cc1nc(CC)c(N(C)C2=NC(c3ccc(F)cc3)CS2)n1/C=C(\C)N1CCCOCC1. The molecule has 0 aliphatic carbocycles. The lowest BCUT2D eigenvalue weighted by Gasteiger charge is -2.25. The van der Waals surface area contributed by atoms with Gasteiger partial charge in [-0.1, -0.05) is 37.4 Å². The molecule has 1 aromatic heterocycles. The van der Waals surface area contributed by atoms with Crippen LogP contribution in [0.3, 0.4) is 0 Å². The van der Waals surface area contributed by atoms with Gasteiger partial charge in [0.15, 0.2) is 5.17 Å². The second-order valence-electron chi connectivity index (χ2n) is 8.24. The van der Waals surface area contributed by atoms with E-state index in [1.165, 1.54) is 17.8 Å². The predicted octanol–water partition coefficient (Wildman–Crippen LogP) is 5.05. The van der Waals surface area contributed by atoms with Gasteiger partial charge in [-0.05, 0) is 43.5 Å². The Balaban J connectivity index is 1.67. The van der Waals surface area contributed by atoms with Crippen molar-refractivity contribution in [1.82, 2.24) is 14.5 Å². The first kappa shape index (κ1) is 23.6. The fourth-order valence-corrected chi connectivity index (χ4v) is 5.27. The third kappa shape index (κ3) is 5.17. The standard InChI is InChI=1S/C25H32FN5OS/c1-5-21-24(29(4)25-28-22(17-33-25)19-8-10-20(26)11-9-19)31(23(6-2)27-21)16-18(3)30-12-7-14-32-15-13-30/h6,8-11,16,22H,2,5,7,12-15,17H2,1,3-4H3/b18-16+. The molecule has 1 saturated heterocycles. The number of aromatic nitrogens is 2. The molecule has 0 amide bonds. The van der Waals surface area contributed by atoms with Crippen molar-refractivity contribution in [2.45, 2.75) is 32.7 Å². The molecule has 0 radical (unpaired) electrons. The van der Waals surface area contributed by atoms with E-state index in [9.17, 15) is 4.39 Å². The van der Waals surface area contributed by atoms with Gasteiger partial charge >= 0.3 is 0 Å². The molecule has 0 spiro atoms. The Morgan fingerprint density at radius 1 is 1.30 bits per heavy atom. The van der Waals surface area contributed by atoms with Crippen LogP contribution in [-0.2, 0) is 11.2 Å². The minimum atomic E-state index is -0.225. The van der Waals surface area contributed by atoms with E-state index in [1.807, 2.05) is 19.2 Å². The maximum Gasteiger partial charge on any atom is 0.165 e. The first-order chi connectivity index (χ1) is 16.0. The molecule has 1 atom stereocenters. The van der Waals surface area contributed by atoms with Gasteiger partial charge < -0.3 is 14.5 Å². The number of aliphatic imine (C=N–C) groups is 1. The lowest BCUT2D eigenvalue weighted by molar-refractivity contribution is 0.145. The second-order valence-corrected chi connectivity index (χ2v) is 9.23. The molecular weight excluding hydrogens is 437 g/mol. The van der Waals surface area contributed by atoms with Gasteiger partial charge in [0.05, 0.1) is 18.3 Å². The Morgan fingerprint density at radius 2 is 2.09 bits per heavy atom. The molecule has 0 bridgehead atoms. The van der Waals surface area contributed by atoms with Gasteiger partial charge in [0, 0.05) is 44.4 Å². The Bertz CT molecular complexity index is 1040. The van der Waals surface area contributed by atoms with E-state index in [0.29, 0.717) is 0 Å². The van der Waals surface area contributed by atoms with E-state index in [1.54, 1.807) is 17.8 Å². The Morgan fingerprint density at radius 3 is 2.82 bits per heavy atom. The first-order valence-corrected chi connectivity index (χ1v) is 12.4. The minimum absolute atomic E-state index is 0.0164. The summed E-state index contributed by atoms with van der Waals surface area (Å²) in [6, 6.07) is 6.66. The molecule has 6 nitrogen and oxygen atoms in total. The van der Waals surface area contributed by atoms with E-state index in [0.717, 1.165) is 73.0 Å². The second kappa shape index (κ2) is 10.6. The third-order valence-electron chi connectivity index (χ3n) is 6.03. The van der Waals surface area contributed by atoms with Crippen LogP contribution in [0, 0.1) is 5.82 Å². The number of halogens is 1. The largest absolute Gasteiger partial charge is 0.380 e. The summed E-state index contributed by atoms with van der Waals surface area (Å²) < 4.78 is 21.1. The molecule has 2 aliphatic rings. The molecule has 4 rings (SSSR count). The van der Waals surface area contributed by atoms with E-state index < -0.39 is 0 Å². The van der Waals surface area contributed by atoms with Crippen LogP contribution in [0.5, 0.6) is 0 Å². The van der Waals surface area contributed by atoms with Crippen LogP contribution < -0.4 is 4.90 Å². The Kier molecular flexibility index (Phi) is 7.55. The number of hydrogen-bond acceptors (Lipinski definition) is 6. The topological polar surface area (TPSA) is 45.9 Å². The third-order valence-corrected chi connectivity index (χ3v) is 7.15. The van der Waals surface area contributed by atoms with Crippen molar-refractivity contribution in [2.75, 3.05) is 44.0 Å². The van der Waals surface area contributed by atoms with Crippen molar-refractivity contribution in [2.24, 2.45) is 4.99 Å². The molecule has 2 aromatic rings. The number of amidine groups is 1. The van der Waals surface area contributed by atoms with Gasteiger partial charge in [-0.15, -0.1) is 0 Å². The number of rotatable bonds is 6. The summed E-state index contributed by atoms with van der Waals surface area (Å²) in [5, 5.41) is 0.935. The zero-order valence-electron chi connectivity index (χ0n) is 19.6. The average molecular weight is 470 g/mol. The van der Waals surface area contributed by atoms with Gasteiger partial charge in [-0.25, -0.2) is 9.37 Å². The fourth-order valence-electron chi connectivity index (χ4n) is 4.21. The number of allylic oxidation sites excluding steroid dienone is 1. The van der Waals surface area contributed by atoms with Gasteiger partial charge in [0.1, 0.15) is 17.5 Å². The smallest absolute Gasteiger partial charge is 0.165 e. The monoisotopic (exact) mass is 469 g/mol. The summed E-state index contributed by atoms with van der Waals surface area (Å²) in [5.74, 6) is 2.43. The molecule has 1 aromatic carbocycles. The van der Waals surface area contributed by atoms with Crippen LogP contribution >= 0.6 is 11.8 Å². The number of benzene rings is 1. The number of nitrogens with zero attached hydrogens (tertiary/aromatic N) is 5. The summed E-state index contributed by atoms with van der Waals surface area (Å²) in [6.45, 7) is 11.7. The molecule has 0 N–H and O–H groups in total. The number of thioether (sulfide) groups is 1. The van der Waals surface area contributed by atoms with Gasteiger partial charge in [-0.2, -0.15) is 0 Å². The average Bonchev–Trinajstić information content (AvgIpc) is 3.35. The lowest BCUT2D eigenvalue weighted by atomic mass is 10.1. The van der Waals surface area contributed by atoms with Crippen LogP contribution in [0.15, 0.2) is 41.5 Å². The van der Waals surface area contributed by atoms with Crippen LogP contribution in [-0.4, -0.2) is 58.7 Å². The van der Waals surface area contributed by atoms with Crippen molar-refractivity contribution in [3.63, 3.8) is 0 Å². The number of hydrogen-bond donors (Lipinski definition) is 0. The summed E-state index contributed by atoms with van der Waals surface area (Å²) in [5.41, 5.74) is 3.20. The summed E-state index contributed by atoms with van der Waals surface area (Å²) in [6.07, 6.45) is 5.78. The molecule has 2 aliphatic heterocycles. The number of aryl methyl sites for hydroxylation is 1. The van der Waals surface area contributed by atoms with Gasteiger partial charge in [0.2, 0.25) is 0 Å². The molecule has 3 heterocycles. The highest BCUT2D eigenvalue weighted by Gasteiger charge is 2.27. The zero-order valence-corrected chi connectivity index (χ0v) is 20.4. The summed E-state index contributed by atoms with van der Waals surface area (Å²) in [7, 11) is 2.04. The van der Waals surface area contributed by atoms with Crippen LogP contribution in [0.1, 0.15) is 43.4 Å². The Labute approximate surface area is 199 Å². The van der Waals surface area contributed by atoms with Gasteiger partial charge in [-0.3, -0.25) is 9.56 Å².